The Morgan fingerprint density at radius 3 is 2.76 bits per heavy atom. The van der Waals surface area contributed by atoms with Gasteiger partial charge < -0.3 is 15.3 Å². The van der Waals surface area contributed by atoms with Gasteiger partial charge in [0.25, 0.3) is 0 Å². The second-order valence-electron chi connectivity index (χ2n) is 5.18. The van der Waals surface area contributed by atoms with Crippen LogP contribution in [0.3, 0.4) is 0 Å². The molecule has 1 aliphatic heterocycles. The van der Waals surface area contributed by atoms with Crippen molar-refractivity contribution < 1.29 is 19.5 Å². The zero-order chi connectivity index (χ0) is 15.4. The second-order valence-corrected chi connectivity index (χ2v) is 5.18. The number of likely N-dealkylation sites (tertiary alicyclic amines) is 1. The lowest BCUT2D eigenvalue weighted by molar-refractivity contribution is -0.132. The number of piperidine rings is 1. The maximum absolute atomic E-state index is 12.2. The van der Waals surface area contributed by atoms with Crippen molar-refractivity contribution in [1.29, 1.82) is 0 Å². The number of nitrogens with one attached hydrogen (secondary N) is 1. The molecule has 1 fully saturated rings. The van der Waals surface area contributed by atoms with E-state index in [0.29, 0.717) is 18.8 Å². The summed E-state index contributed by atoms with van der Waals surface area (Å²) in [6.45, 7) is 2.60. The Kier molecular flexibility index (Phi) is 4.57. The molecule has 1 aromatic rings. The highest BCUT2D eigenvalue weighted by molar-refractivity contribution is 5.95. The largest absolute Gasteiger partial charge is 0.478 e. The fourth-order valence-corrected chi connectivity index (χ4v) is 2.45. The lowest BCUT2D eigenvalue weighted by atomic mass is 9.97. The van der Waals surface area contributed by atoms with Gasteiger partial charge in [-0.3, -0.25) is 9.59 Å². The highest BCUT2D eigenvalue weighted by Gasteiger charge is 2.27. The molecule has 1 aromatic carbocycles. The van der Waals surface area contributed by atoms with E-state index in [-0.39, 0.29) is 23.3 Å². The molecule has 1 aliphatic rings. The van der Waals surface area contributed by atoms with E-state index in [1.54, 1.807) is 17.0 Å². The number of nitrogens with zero attached hydrogens (tertiary/aromatic N) is 1. The van der Waals surface area contributed by atoms with Gasteiger partial charge in [-0.25, -0.2) is 4.79 Å². The van der Waals surface area contributed by atoms with E-state index >= 15 is 0 Å². The molecule has 6 heteroatoms. The Labute approximate surface area is 122 Å². The first-order valence-corrected chi connectivity index (χ1v) is 6.87. The minimum absolute atomic E-state index is 0.0274. The number of amides is 2. The van der Waals surface area contributed by atoms with Gasteiger partial charge in [0.1, 0.15) is 0 Å². The van der Waals surface area contributed by atoms with Crippen LogP contribution in [0.4, 0.5) is 5.69 Å². The van der Waals surface area contributed by atoms with Crippen molar-refractivity contribution in [3.63, 3.8) is 0 Å². The topological polar surface area (TPSA) is 86.7 Å². The van der Waals surface area contributed by atoms with Crippen LogP contribution in [-0.4, -0.2) is 40.9 Å². The molecule has 0 spiro atoms. The quantitative estimate of drug-likeness (QED) is 0.885. The van der Waals surface area contributed by atoms with Gasteiger partial charge >= 0.3 is 5.97 Å². The first-order chi connectivity index (χ1) is 9.97. The van der Waals surface area contributed by atoms with Gasteiger partial charge in [-0.1, -0.05) is 6.07 Å². The fraction of sp³-hybridized carbons (Fsp3) is 0.400. The van der Waals surface area contributed by atoms with E-state index in [0.717, 1.165) is 12.8 Å². The predicted octanol–water partition coefficient (Wildman–Crippen LogP) is 1.58. The van der Waals surface area contributed by atoms with Gasteiger partial charge in [-0.05, 0) is 31.0 Å². The van der Waals surface area contributed by atoms with Crippen LogP contribution in [-0.2, 0) is 9.59 Å². The Balaban J connectivity index is 2.02. The number of aromatic carboxylic acids is 1. The third kappa shape index (κ3) is 3.81. The van der Waals surface area contributed by atoms with E-state index in [1.807, 2.05) is 0 Å². The summed E-state index contributed by atoms with van der Waals surface area (Å²) in [7, 11) is 0. The molecule has 0 aromatic heterocycles. The van der Waals surface area contributed by atoms with Gasteiger partial charge in [0, 0.05) is 25.7 Å². The molecule has 0 bridgehead atoms. The van der Waals surface area contributed by atoms with Crippen LogP contribution < -0.4 is 5.32 Å². The summed E-state index contributed by atoms with van der Waals surface area (Å²) in [4.78, 5) is 36.2. The van der Waals surface area contributed by atoms with Crippen molar-refractivity contribution in [2.45, 2.75) is 19.8 Å². The average molecular weight is 290 g/mol. The summed E-state index contributed by atoms with van der Waals surface area (Å²) in [6, 6.07) is 6.12. The van der Waals surface area contributed by atoms with Crippen LogP contribution in [0.2, 0.25) is 0 Å². The van der Waals surface area contributed by atoms with Gasteiger partial charge in [-0.15, -0.1) is 0 Å². The van der Waals surface area contributed by atoms with E-state index in [1.165, 1.54) is 19.1 Å². The molecule has 0 saturated carbocycles. The number of hydrogen-bond donors (Lipinski definition) is 2. The van der Waals surface area contributed by atoms with E-state index < -0.39 is 5.97 Å². The summed E-state index contributed by atoms with van der Waals surface area (Å²) < 4.78 is 0. The molecule has 1 heterocycles. The second kappa shape index (κ2) is 6.39. The summed E-state index contributed by atoms with van der Waals surface area (Å²) in [5, 5.41) is 11.7. The minimum Gasteiger partial charge on any atom is -0.478 e. The zero-order valence-corrected chi connectivity index (χ0v) is 11.8. The molecule has 0 aliphatic carbocycles. The number of carbonyl (C=O) groups is 3. The molecule has 0 radical (unpaired) electrons. The van der Waals surface area contributed by atoms with Crippen LogP contribution >= 0.6 is 0 Å². The van der Waals surface area contributed by atoms with Gasteiger partial charge in [-0.2, -0.15) is 0 Å². The van der Waals surface area contributed by atoms with Gasteiger partial charge in [0.05, 0.1) is 11.5 Å². The summed E-state index contributed by atoms with van der Waals surface area (Å²) in [5.74, 6) is -1.49. The fourth-order valence-electron chi connectivity index (χ4n) is 2.45. The van der Waals surface area contributed by atoms with E-state index in [9.17, 15) is 14.4 Å². The highest BCUT2D eigenvalue weighted by atomic mass is 16.4. The minimum atomic E-state index is -1.04. The molecule has 1 atom stereocenters. The molecular weight excluding hydrogens is 272 g/mol. The molecule has 2 rings (SSSR count). The first-order valence-electron chi connectivity index (χ1n) is 6.87. The summed E-state index contributed by atoms with van der Waals surface area (Å²) in [5.41, 5.74) is 0.585. The number of carboxylic acids is 1. The monoisotopic (exact) mass is 290 g/mol. The van der Waals surface area contributed by atoms with Crippen molar-refractivity contribution in [3.8, 4) is 0 Å². The molecule has 1 unspecified atom stereocenters. The van der Waals surface area contributed by atoms with Crippen molar-refractivity contribution in [1.82, 2.24) is 4.90 Å². The number of hydrogen-bond acceptors (Lipinski definition) is 3. The normalized spacial score (nSPS) is 18.1. The molecule has 1 saturated heterocycles. The van der Waals surface area contributed by atoms with Crippen LogP contribution in [0, 0.1) is 5.92 Å². The SMILES string of the molecule is CC(=O)N1CCCC(C(=O)Nc2cccc(C(=O)O)c2)C1. The molecule has 112 valence electrons. The number of anilines is 1. The Morgan fingerprint density at radius 1 is 1.33 bits per heavy atom. The smallest absolute Gasteiger partial charge is 0.335 e. The van der Waals surface area contributed by atoms with Crippen molar-refractivity contribution in [2.75, 3.05) is 18.4 Å². The maximum atomic E-state index is 12.2. The van der Waals surface area contributed by atoms with Crippen LogP contribution in [0.1, 0.15) is 30.1 Å². The lowest BCUT2D eigenvalue weighted by Gasteiger charge is -2.31. The molecule has 2 N–H and O–H groups in total. The Bertz CT molecular complexity index is 571. The lowest BCUT2D eigenvalue weighted by Crippen LogP contribution is -2.42. The third-order valence-electron chi connectivity index (χ3n) is 3.61. The van der Waals surface area contributed by atoms with E-state index in [2.05, 4.69) is 5.32 Å². The maximum Gasteiger partial charge on any atom is 0.335 e. The van der Waals surface area contributed by atoms with Crippen LogP contribution in [0.25, 0.3) is 0 Å². The predicted molar refractivity (Wildman–Crippen MR) is 77.0 cm³/mol. The average Bonchev–Trinajstić information content (AvgIpc) is 2.47. The Hall–Kier alpha value is -2.37. The zero-order valence-electron chi connectivity index (χ0n) is 11.8. The highest BCUT2D eigenvalue weighted by Crippen LogP contribution is 2.19. The van der Waals surface area contributed by atoms with Crippen molar-refractivity contribution >= 4 is 23.5 Å². The van der Waals surface area contributed by atoms with Gasteiger partial charge in [0.2, 0.25) is 11.8 Å². The first kappa shape index (κ1) is 15.0. The number of rotatable bonds is 3. The van der Waals surface area contributed by atoms with Crippen molar-refractivity contribution in [2.24, 2.45) is 5.92 Å². The van der Waals surface area contributed by atoms with Crippen LogP contribution in [0.5, 0.6) is 0 Å². The molecule has 6 nitrogen and oxygen atoms in total. The number of carbonyl (C=O) groups excluding carboxylic acids is 2. The summed E-state index contributed by atoms with van der Waals surface area (Å²) in [6.07, 6.45) is 1.53. The number of carboxylic acid groups (broad SMARTS) is 1. The molecule has 2 amide bonds. The van der Waals surface area contributed by atoms with Crippen LogP contribution in [0.15, 0.2) is 24.3 Å². The van der Waals surface area contributed by atoms with Crippen molar-refractivity contribution in [3.05, 3.63) is 29.8 Å². The third-order valence-corrected chi connectivity index (χ3v) is 3.61. The van der Waals surface area contributed by atoms with E-state index in [4.69, 9.17) is 5.11 Å². The summed E-state index contributed by atoms with van der Waals surface area (Å²) >= 11 is 0. The van der Waals surface area contributed by atoms with Gasteiger partial charge in [0.15, 0.2) is 0 Å². The molecular formula is C15H18N2O4. The number of benzene rings is 1. The Morgan fingerprint density at radius 2 is 2.10 bits per heavy atom. The standard InChI is InChI=1S/C15H18N2O4/c1-10(18)17-7-3-5-12(9-17)14(19)16-13-6-2-4-11(8-13)15(20)21/h2,4,6,8,12H,3,5,7,9H2,1H3,(H,16,19)(H,20,21). The molecule has 21 heavy (non-hydrogen) atoms.